The predicted octanol–water partition coefficient (Wildman–Crippen LogP) is 5.66. The maximum absolute atomic E-state index is 10.2. The molecule has 4 heteroatoms. The second-order valence-corrected chi connectivity index (χ2v) is 12.7. The molecule has 0 fully saturated rings. The predicted molar refractivity (Wildman–Crippen MR) is 120 cm³/mol. The van der Waals surface area contributed by atoms with Crippen molar-refractivity contribution in [2.75, 3.05) is 24.6 Å². The van der Waals surface area contributed by atoms with Gasteiger partial charge in [-0.05, 0) is 25.7 Å². The third-order valence-electron chi connectivity index (χ3n) is 4.91. The topological polar surface area (TPSA) is 46.1 Å². The van der Waals surface area contributed by atoms with E-state index >= 15 is 0 Å². The van der Waals surface area contributed by atoms with Crippen LogP contribution in [0.3, 0.4) is 0 Å². The molecule has 152 valence electrons. The number of hydrogen-bond donors (Lipinski definition) is 0. The molecule has 26 heavy (non-hydrogen) atoms. The molecule has 0 spiro atoms. The zero-order valence-electron chi connectivity index (χ0n) is 18.6. The van der Waals surface area contributed by atoms with Crippen LogP contribution in [0.25, 0.3) is 0 Å². The second kappa shape index (κ2) is 17.1. The van der Waals surface area contributed by atoms with Gasteiger partial charge in [0.25, 0.3) is 0 Å². The van der Waals surface area contributed by atoms with Gasteiger partial charge in [0, 0.05) is 7.26 Å². The Morgan fingerprint density at radius 2 is 1.04 bits per heavy atom. The first-order valence-electron chi connectivity index (χ1n) is 10.6. The van der Waals surface area contributed by atoms with Crippen molar-refractivity contribution in [2.24, 2.45) is 0 Å². The Labute approximate surface area is 166 Å². The van der Waals surface area contributed by atoms with E-state index in [1.165, 1.54) is 51.4 Å². The number of benzene rings is 1. The maximum atomic E-state index is 10.2. The molecule has 0 amide bonds. The third kappa shape index (κ3) is 12.4. The van der Waals surface area contributed by atoms with Crippen LogP contribution in [0.15, 0.2) is 30.3 Å². The zero-order valence-corrected chi connectivity index (χ0v) is 19.4. The van der Waals surface area contributed by atoms with Crippen molar-refractivity contribution in [1.82, 2.24) is 0 Å². The molecule has 0 aliphatic carbocycles. The lowest BCUT2D eigenvalue weighted by Gasteiger charge is -2.30. The lowest BCUT2D eigenvalue weighted by molar-refractivity contribution is -0.287. The average Bonchev–Trinajstić information content (AvgIpc) is 2.68. The molecule has 0 bridgehead atoms. The number of unbranched alkanes of at least 4 members (excludes halogenated alkanes) is 4. The summed E-state index contributed by atoms with van der Waals surface area (Å²) >= 11 is 0. The first-order valence-corrected chi connectivity index (χ1v) is 14.3. The molecule has 0 saturated carbocycles. The van der Waals surface area contributed by atoms with Crippen LogP contribution < -0.4 is 15.1 Å². The van der Waals surface area contributed by atoms with E-state index in [-0.39, 0.29) is 1.43 Å². The van der Waals surface area contributed by atoms with Crippen LogP contribution in [0.1, 0.15) is 80.5 Å². The van der Waals surface area contributed by atoms with Crippen LogP contribution in [0.2, 0.25) is 0 Å². The first-order chi connectivity index (χ1) is 12.5. The van der Waals surface area contributed by atoms with Crippen LogP contribution in [0.4, 0.5) is 0 Å². The first kappa shape index (κ1) is 26.0. The SMILES string of the molecule is CCCC[P+](CCCC)(CCCC)CCCC.[H+].[O-]P([O-])c1ccccc1. The van der Waals surface area contributed by atoms with Gasteiger partial charge in [-0.3, -0.25) is 8.38 Å². The van der Waals surface area contributed by atoms with Crippen molar-refractivity contribution in [3.05, 3.63) is 30.3 Å². The summed E-state index contributed by atoms with van der Waals surface area (Å²) in [7, 11) is -2.96. The van der Waals surface area contributed by atoms with Crippen molar-refractivity contribution < 1.29 is 11.2 Å². The van der Waals surface area contributed by atoms with Gasteiger partial charge in [-0.2, -0.15) is 0 Å². The molecule has 0 aromatic heterocycles. The van der Waals surface area contributed by atoms with Gasteiger partial charge in [0.15, 0.2) is 0 Å². The van der Waals surface area contributed by atoms with Crippen LogP contribution in [0, 0.1) is 0 Å². The number of hydrogen-bond acceptors (Lipinski definition) is 2. The van der Waals surface area contributed by atoms with Crippen molar-refractivity contribution in [2.45, 2.75) is 79.1 Å². The van der Waals surface area contributed by atoms with Crippen molar-refractivity contribution in [3.63, 3.8) is 0 Å². The highest BCUT2D eigenvalue weighted by Crippen LogP contribution is 2.61. The van der Waals surface area contributed by atoms with Crippen LogP contribution >= 0.6 is 15.6 Å². The summed E-state index contributed by atoms with van der Waals surface area (Å²) < 4.78 is 0. The molecule has 2 nitrogen and oxygen atoms in total. The highest BCUT2D eigenvalue weighted by molar-refractivity contribution is 7.75. The summed E-state index contributed by atoms with van der Waals surface area (Å²) in [5.41, 5.74) is 0. The smallest absolute Gasteiger partial charge is 0.838 e. The summed E-state index contributed by atoms with van der Waals surface area (Å²) in [6.45, 7) is 9.42. The number of rotatable bonds is 13. The van der Waals surface area contributed by atoms with E-state index in [1.54, 1.807) is 55.0 Å². The molecule has 1 aromatic carbocycles. The van der Waals surface area contributed by atoms with Crippen LogP contribution in [-0.4, -0.2) is 24.6 Å². The molecule has 0 unspecified atom stereocenters. The van der Waals surface area contributed by atoms with Crippen molar-refractivity contribution in [3.8, 4) is 0 Å². The third-order valence-corrected chi connectivity index (χ3v) is 10.7. The molecule has 0 aliphatic rings. The molecule has 0 aliphatic heterocycles. The van der Waals surface area contributed by atoms with E-state index in [1.807, 2.05) is 0 Å². The van der Waals surface area contributed by atoms with Gasteiger partial charge in [0.1, 0.15) is 0 Å². The molecular formula is C22H42O2P2. The fraction of sp³-hybridized carbons (Fsp3) is 0.727. The minimum Gasteiger partial charge on any atom is -0.838 e. The van der Waals surface area contributed by atoms with Gasteiger partial charge < -0.3 is 9.79 Å². The Morgan fingerprint density at radius 1 is 0.692 bits per heavy atom. The van der Waals surface area contributed by atoms with E-state index in [0.717, 1.165) is 0 Å². The Balaban J connectivity index is 0. The van der Waals surface area contributed by atoms with Gasteiger partial charge in [-0.25, -0.2) is 0 Å². The van der Waals surface area contributed by atoms with Crippen molar-refractivity contribution >= 4 is 20.9 Å². The molecule has 0 radical (unpaired) electrons. The van der Waals surface area contributed by atoms with E-state index < -0.39 is 15.6 Å². The van der Waals surface area contributed by atoms with Crippen LogP contribution in [0.5, 0.6) is 0 Å². The van der Waals surface area contributed by atoms with Gasteiger partial charge in [-0.15, -0.1) is 0 Å². The van der Waals surface area contributed by atoms with E-state index in [4.69, 9.17) is 0 Å². The minimum atomic E-state index is -2.40. The highest BCUT2D eigenvalue weighted by Gasteiger charge is 2.34. The van der Waals surface area contributed by atoms with Gasteiger partial charge in [0.05, 0.1) is 24.6 Å². The minimum absolute atomic E-state index is 0. The molecular weight excluding hydrogens is 358 g/mol. The largest absolute Gasteiger partial charge is 1.00 e. The van der Waals surface area contributed by atoms with Gasteiger partial charge in [-0.1, -0.05) is 89.0 Å². The standard InChI is InChI=1S/C16H36P.C6H5O2P/c1-5-9-13-17(14-10-6-2,15-11-7-3)16-12-8-4;7-9(8)6-4-2-1-3-5-6/h5-16H2,1-4H3;1-5H/q+1;-2/p+1. The second-order valence-electron chi connectivity index (χ2n) is 7.24. The Kier molecular flexibility index (Phi) is 17.1. The fourth-order valence-corrected chi connectivity index (χ4v) is 8.90. The van der Waals surface area contributed by atoms with Gasteiger partial charge in [0.2, 0.25) is 0 Å². The van der Waals surface area contributed by atoms with E-state index in [2.05, 4.69) is 27.7 Å². The zero-order chi connectivity index (χ0) is 19.7. The quantitative estimate of drug-likeness (QED) is 0.401. The molecule has 1 rings (SSSR count). The molecule has 0 atom stereocenters. The fourth-order valence-electron chi connectivity index (χ4n) is 3.19. The summed E-state index contributed by atoms with van der Waals surface area (Å²) in [5.74, 6) is 0. The Hall–Kier alpha value is 0. The normalized spacial score (nSPS) is 11.3. The maximum Gasteiger partial charge on any atom is 1.00 e. The lowest BCUT2D eigenvalue weighted by Crippen LogP contribution is -2.18. The molecule has 0 saturated heterocycles. The van der Waals surface area contributed by atoms with Crippen molar-refractivity contribution in [1.29, 1.82) is 0 Å². The summed E-state index contributed by atoms with van der Waals surface area (Å²) in [5, 5.41) is 0.368. The van der Waals surface area contributed by atoms with E-state index in [0.29, 0.717) is 5.30 Å². The Morgan fingerprint density at radius 3 is 1.27 bits per heavy atom. The summed E-state index contributed by atoms with van der Waals surface area (Å²) in [6.07, 6.45) is 17.9. The average molecular weight is 401 g/mol. The lowest BCUT2D eigenvalue weighted by atomic mass is 10.4. The summed E-state index contributed by atoms with van der Waals surface area (Å²) in [6, 6.07) is 8.29. The Bertz CT molecular complexity index is 379. The molecule has 0 N–H and O–H groups in total. The summed E-state index contributed by atoms with van der Waals surface area (Å²) in [4.78, 5) is 20.5. The van der Waals surface area contributed by atoms with Gasteiger partial charge >= 0.3 is 1.43 Å². The molecule has 1 aromatic rings. The van der Waals surface area contributed by atoms with E-state index in [9.17, 15) is 9.79 Å². The molecule has 0 heterocycles. The highest BCUT2D eigenvalue weighted by atomic mass is 31.2. The van der Waals surface area contributed by atoms with Crippen LogP contribution in [-0.2, 0) is 0 Å². The monoisotopic (exact) mass is 400 g/mol.